The molecule has 0 bridgehead atoms. The molecule has 0 amide bonds. The molecule has 0 saturated carbocycles. The van der Waals surface area contributed by atoms with Crippen LogP contribution in [-0.2, 0) is 0 Å². The van der Waals surface area contributed by atoms with Crippen molar-refractivity contribution in [2.45, 2.75) is 51.9 Å². The quantitative estimate of drug-likeness (QED) is 0.178. The first kappa shape index (κ1) is 18.9. The summed E-state index contributed by atoms with van der Waals surface area (Å²) >= 11 is 0. The molecule has 0 N–H and O–H groups in total. The minimum Gasteiger partial charge on any atom is -0.0934 e. The molecule has 0 unspecified atom stereocenters. The van der Waals surface area contributed by atoms with Crippen molar-refractivity contribution in [1.82, 2.24) is 0 Å². The average molecular weight is 293 g/mol. The zero-order valence-electron chi connectivity index (χ0n) is 12.6. The second-order valence-electron chi connectivity index (χ2n) is 5.18. The van der Waals surface area contributed by atoms with Crippen molar-refractivity contribution in [3.63, 3.8) is 0 Å². The zero-order valence-corrected chi connectivity index (χ0v) is 12.6. The van der Waals surface area contributed by atoms with E-state index in [4.69, 9.17) is 16.6 Å². The van der Waals surface area contributed by atoms with E-state index >= 15 is 0 Å². The molecule has 0 spiro atoms. The number of hydrogen-bond donors (Lipinski definition) is 0. The molecule has 0 rings (SSSR count). The van der Waals surface area contributed by atoms with Gasteiger partial charge in [-0.1, -0.05) is 60.8 Å². The number of nitrogens with zero attached hydrogens (tertiary/aromatic N) is 9. The molecule has 21 heavy (non-hydrogen) atoms. The first-order valence-electron chi connectivity index (χ1n) is 7.27. The summed E-state index contributed by atoms with van der Waals surface area (Å²) in [6, 6.07) is 0. The Kier molecular flexibility index (Phi) is 11.7. The summed E-state index contributed by atoms with van der Waals surface area (Å²) in [4.78, 5) is 8.28. The van der Waals surface area contributed by atoms with E-state index in [-0.39, 0.29) is 19.6 Å². The van der Waals surface area contributed by atoms with Crippen molar-refractivity contribution in [2.75, 3.05) is 19.6 Å². The number of unbranched alkanes of at least 4 members (excludes halogenated alkanes) is 5. The van der Waals surface area contributed by atoms with Gasteiger partial charge >= 0.3 is 0 Å². The van der Waals surface area contributed by atoms with E-state index < -0.39 is 5.41 Å². The fourth-order valence-corrected chi connectivity index (χ4v) is 2.21. The molecule has 0 heterocycles. The molecule has 0 radical (unpaired) electrons. The van der Waals surface area contributed by atoms with Gasteiger partial charge in [0.15, 0.2) is 0 Å². The summed E-state index contributed by atoms with van der Waals surface area (Å²) in [7, 11) is 0. The number of azide groups is 3. The van der Waals surface area contributed by atoms with Crippen molar-refractivity contribution in [2.24, 2.45) is 20.8 Å². The van der Waals surface area contributed by atoms with Crippen LogP contribution in [-0.4, -0.2) is 19.6 Å². The van der Waals surface area contributed by atoms with Gasteiger partial charge in [-0.3, -0.25) is 0 Å². The minimum atomic E-state index is -0.560. The van der Waals surface area contributed by atoms with Crippen LogP contribution in [0.3, 0.4) is 0 Å². The van der Waals surface area contributed by atoms with Gasteiger partial charge in [-0.2, -0.15) is 0 Å². The third kappa shape index (κ3) is 9.46. The van der Waals surface area contributed by atoms with Crippen molar-refractivity contribution in [3.8, 4) is 0 Å². The summed E-state index contributed by atoms with van der Waals surface area (Å²) in [5, 5.41) is 10.8. The minimum absolute atomic E-state index is 0.177. The second kappa shape index (κ2) is 12.9. The Morgan fingerprint density at radius 1 is 0.714 bits per heavy atom. The maximum Gasteiger partial charge on any atom is 0.0317 e. The molecule has 0 saturated heterocycles. The zero-order chi connectivity index (χ0) is 15.8. The highest BCUT2D eigenvalue weighted by molar-refractivity contribution is 4.87. The highest BCUT2D eigenvalue weighted by Gasteiger charge is 2.27. The Morgan fingerprint density at radius 2 is 1.14 bits per heavy atom. The maximum atomic E-state index is 8.50. The third-order valence-electron chi connectivity index (χ3n) is 3.47. The molecule has 0 atom stereocenters. The van der Waals surface area contributed by atoms with E-state index in [0.717, 1.165) is 25.7 Å². The van der Waals surface area contributed by atoms with E-state index in [1.54, 1.807) is 0 Å². The van der Waals surface area contributed by atoms with Gasteiger partial charge in [-0.05, 0) is 28.4 Å². The van der Waals surface area contributed by atoms with Crippen LogP contribution in [0, 0.1) is 5.41 Å². The Labute approximate surface area is 124 Å². The molecule has 9 heteroatoms. The van der Waals surface area contributed by atoms with E-state index in [2.05, 4.69) is 37.0 Å². The molecule has 0 aliphatic rings. The van der Waals surface area contributed by atoms with Gasteiger partial charge < -0.3 is 0 Å². The van der Waals surface area contributed by atoms with E-state index in [0.29, 0.717) is 0 Å². The lowest BCUT2D eigenvalue weighted by Crippen LogP contribution is -2.31. The van der Waals surface area contributed by atoms with Gasteiger partial charge in [0, 0.05) is 34.4 Å². The van der Waals surface area contributed by atoms with Crippen LogP contribution in [0.2, 0.25) is 0 Å². The van der Waals surface area contributed by atoms with Crippen LogP contribution in [0.25, 0.3) is 31.3 Å². The van der Waals surface area contributed by atoms with Gasteiger partial charge in [0.2, 0.25) is 0 Å². The monoisotopic (exact) mass is 293 g/mol. The van der Waals surface area contributed by atoms with E-state index in [1.807, 2.05) is 0 Å². The largest absolute Gasteiger partial charge is 0.0934 e. The lowest BCUT2D eigenvalue weighted by molar-refractivity contribution is 0.282. The number of rotatable bonds is 13. The Bertz CT molecular complexity index is 364. The molecular weight excluding hydrogens is 270 g/mol. The van der Waals surface area contributed by atoms with Crippen molar-refractivity contribution >= 4 is 0 Å². The molecule has 0 aromatic carbocycles. The molecule has 0 fully saturated rings. The summed E-state index contributed by atoms with van der Waals surface area (Å²) in [5.41, 5.74) is 24.9. The SMILES string of the molecule is CCCCCCCCC(CN=[N+]=[N-])(CN=[N+]=[N-])CN=[N+]=[N-]. The predicted octanol–water partition coefficient (Wildman–Crippen LogP) is 5.65. The fourth-order valence-electron chi connectivity index (χ4n) is 2.21. The Balaban J connectivity index is 4.60. The summed E-state index contributed by atoms with van der Waals surface area (Å²) in [6.45, 7) is 2.70. The lowest BCUT2D eigenvalue weighted by atomic mass is 9.82. The standard InChI is InChI=1S/C12H23N9/c1-2-3-4-5-6-7-8-12(9-16-19-13,10-17-20-14)11-18-21-15/h2-11H2,1H3. The second-order valence-corrected chi connectivity index (χ2v) is 5.18. The summed E-state index contributed by atoms with van der Waals surface area (Å²) < 4.78 is 0. The first-order chi connectivity index (χ1) is 10.2. The van der Waals surface area contributed by atoms with Crippen LogP contribution in [0.1, 0.15) is 51.9 Å². The van der Waals surface area contributed by atoms with E-state index in [9.17, 15) is 0 Å². The van der Waals surface area contributed by atoms with Gasteiger partial charge in [-0.25, -0.2) is 0 Å². The molecular formula is C12H23N9. The Morgan fingerprint density at radius 3 is 1.57 bits per heavy atom. The normalized spacial score (nSPS) is 12.4. The van der Waals surface area contributed by atoms with Gasteiger partial charge in [0.1, 0.15) is 0 Å². The summed E-state index contributed by atoms with van der Waals surface area (Å²) in [5.74, 6) is 0. The van der Waals surface area contributed by atoms with Crippen LogP contribution in [0.5, 0.6) is 0 Å². The molecule has 0 aliphatic heterocycles. The van der Waals surface area contributed by atoms with E-state index in [1.165, 1.54) is 19.3 Å². The van der Waals surface area contributed by atoms with Gasteiger partial charge in [0.25, 0.3) is 0 Å². The smallest absolute Gasteiger partial charge is 0.0317 e. The molecule has 0 aromatic rings. The number of hydrogen-bond acceptors (Lipinski definition) is 3. The molecule has 9 nitrogen and oxygen atoms in total. The molecule has 0 aliphatic carbocycles. The Hall–Kier alpha value is -2.07. The van der Waals surface area contributed by atoms with Crippen molar-refractivity contribution in [3.05, 3.63) is 31.3 Å². The lowest BCUT2D eigenvalue weighted by Gasteiger charge is -2.29. The van der Waals surface area contributed by atoms with Crippen molar-refractivity contribution < 1.29 is 0 Å². The summed E-state index contributed by atoms with van der Waals surface area (Å²) in [6.07, 6.45) is 7.55. The first-order valence-corrected chi connectivity index (χ1v) is 7.27. The third-order valence-corrected chi connectivity index (χ3v) is 3.47. The van der Waals surface area contributed by atoms with Gasteiger partial charge in [-0.15, -0.1) is 0 Å². The highest BCUT2D eigenvalue weighted by Crippen LogP contribution is 2.28. The highest BCUT2D eigenvalue weighted by atomic mass is 15.2. The van der Waals surface area contributed by atoms with Gasteiger partial charge in [0.05, 0.1) is 0 Å². The fraction of sp³-hybridized carbons (Fsp3) is 1.00. The molecule has 0 aromatic heterocycles. The molecule has 116 valence electrons. The predicted molar refractivity (Wildman–Crippen MR) is 82.5 cm³/mol. The van der Waals surface area contributed by atoms with Crippen LogP contribution in [0.4, 0.5) is 0 Å². The average Bonchev–Trinajstić information content (AvgIpc) is 2.51. The topological polar surface area (TPSA) is 146 Å². The van der Waals surface area contributed by atoms with Crippen molar-refractivity contribution in [1.29, 1.82) is 0 Å². The maximum absolute atomic E-state index is 8.50. The van der Waals surface area contributed by atoms with Crippen LogP contribution < -0.4 is 0 Å². The van der Waals surface area contributed by atoms with Crippen LogP contribution >= 0.6 is 0 Å². The van der Waals surface area contributed by atoms with Crippen LogP contribution in [0.15, 0.2) is 15.3 Å².